The van der Waals surface area contributed by atoms with Gasteiger partial charge in [0.2, 0.25) is 0 Å². The molecule has 0 saturated carbocycles. The molecule has 1 aliphatic heterocycles. The molecule has 2 atom stereocenters. The summed E-state index contributed by atoms with van der Waals surface area (Å²) in [5, 5.41) is 5.96. The van der Waals surface area contributed by atoms with Crippen LogP contribution in [0.25, 0.3) is 21.8 Å². The van der Waals surface area contributed by atoms with E-state index < -0.39 is 0 Å². The first-order valence-electron chi connectivity index (χ1n) is 11.8. The van der Waals surface area contributed by atoms with Gasteiger partial charge in [0.1, 0.15) is 18.5 Å². The topological polar surface area (TPSA) is 68.4 Å². The molecule has 4 aromatic rings. The van der Waals surface area contributed by atoms with Crippen LogP contribution in [-0.2, 0) is 12.8 Å². The van der Waals surface area contributed by atoms with E-state index in [2.05, 4.69) is 33.5 Å². The van der Waals surface area contributed by atoms with Crippen LogP contribution >= 0.6 is 0 Å². The number of H-pyrrole nitrogens is 1. The molecule has 2 N–H and O–H groups in total. The summed E-state index contributed by atoms with van der Waals surface area (Å²) in [4.78, 5) is 8.22. The number of methoxy groups -OCH3 is 1. The Morgan fingerprint density at radius 2 is 2.06 bits per heavy atom. The molecule has 3 heterocycles. The Labute approximate surface area is 193 Å². The first-order valence-corrected chi connectivity index (χ1v) is 11.8. The van der Waals surface area contributed by atoms with Crippen LogP contribution < -0.4 is 19.5 Å². The first-order chi connectivity index (χ1) is 16.2. The maximum Gasteiger partial charge on any atom is 0.171 e. The molecular formula is C27H29N3O3. The minimum Gasteiger partial charge on any atom is -0.495 e. The van der Waals surface area contributed by atoms with Gasteiger partial charge in [-0.05, 0) is 74.5 Å². The molecule has 0 amide bonds. The van der Waals surface area contributed by atoms with Crippen LogP contribution in [0.15, 0.2) is 42.5 Å². The fourth-order valence-corrected chi connectivity index (χ4v) is 5.26. The molecule has 170 valence electrons. The van der Waals surface area contributed by atoms with Crippen LogP contribution in [0.1, 0.15) is 23.4 Å². The molecule has 2 aliphatic rings. The maximum absolute atomic E-state index is 6.36. The Kier molecular flexibility index (Phi) is 5.10. The largest absolute Gasteiger partial charge is 0.495 e. The highest BCUT2D eigenvalue weighted by Crippen LogP contribution is 2.38. The third-order valence-corrected chi connectivity index (χ3v) is 6.95. The summed E-state index contributed by atoms with van der Waals surface area (Å²) in [6.07, 6.45) is 3.32. The number of aromatic amines is 1. The van der Waals surface area contributed by atoms with E-state index in [1.807, 2.05) is 31.2 Å². The zero-order chi connectivity index (χ0) is 22.4. The zero-order valence-electron chi connectivity index (χ0n) is 19.1. The van der Waals surface area contributed by atoms with Crippen molar-refractivity contribution < 1.29 is 14.2 Å². The van der Waals surface area contributed by atoms with E-state index in [4.69, 9.17) is 14.2 Å². The SMILES string of the molecule is COc1cccc2c3c([nH]c12)CC[C@@H](CNC[C@H]1COc2ccc4nc(C)ccc4c2O1)C3. The minimum atomic E-state index is -0.0131. The van der Waals surface area contributed by atoms with E-state index in [9.17, 15) is 0 Å². The van der Waals surface area contributed by atoms with E-state index in [-0.39, 0.29) is 6.10 Å². The Balaban J connectivity index is 1.10. The maximum atomic E-state index is 6.36. The normalized spacial score (nSPS) is 19.6. The van der Waals surface area contributed by atoms with Crippen molar-refractivity contribution in [2.75, 3.05) is 26.8 Å². The second kappa shape index (κ2) is 8.27. The molecule has 33 heavy (non-hydrogen) atoms. The summed E-state index contributed by atoms with van der Waals surface area (Å²) >= 11 is 0. The Hall–Kier alpha value is -3.25. The number of nitrogens with one attached hydrogen (secondary N) is 2. The van der Waals surface area contributed by atoms with Crippen LogP contribution in [-0.4, -0.2) is 42.9 Å². The van der Waals surface area contributed by atoms with E-state index in [1.54, 1.807) is 7.11 Å². The number of rotatable bonds is 5. The van der Waals surface area contributed by atoms with Crippen molar-refractivity contribution >= 4 is 21.8 Å². The van der Waals surface area contributed by atoms with Gasteiger partial charge in [-0.15, -0.1) is 0 Å². The summed E-state index contributed by atoms with van der Waals surface area (Å²) in [5.74, 6) is 3.14. The third-order valence-electron chi connectivity index (χ3n) is 6.95. The van der Waals surface area contributed by atoms with Crippen molar-refractivity contribution in [2.24, 2.45) is 5.92 Å². The van der Waals surface area contributed by atoms with Gasteiger partial charge >= 0.3 is 0 Å². The fourth-order valence-electron chi connectivity index (χ4n) is 5.26. The molecule has 1 aliphatic carbocycles. The number of hydrogen-bond acceptors (Lipinski definition) is 5. The number of ether oxygens (including phenoxy) is 3. The van der Waals surface area contributed by atoms with E-state index in [1.165, 1.54) is 23.1 Å². The van der Waals surface area contributed by atoms with Crippen molar-refractivity contribution in [3.8, 4) is 17.2 Å². The second-order valence-electron chi connectivity index (χ2n) is 9.20. The standard InChI is InChI=1S/C27H29N3O3/c1-16-6-8-20-22(29-16)10-11-25-27(20)33-18(15-32-25)14-28-13-17-7-9-23-21(12-17)19-4-3-5-24(31-2)26(19)30-23/h3-6,8,10-11,17-18,28,30H,7,9,12-15H2,1-2H3/t17-,18+/m1/s1. The van der Waals surface area contributed by atoms with Crippen LogP contribution in [0.4, 0.5) is 0 Å². The molecular weight excluding hydrogens is 414 g/mol. The van der Waals surface area contributed by atoms with Crippen LogP contribution in [0, 0.1) is 12.8 Å². The molecule has 0 fully saturated rings. The lowest BCUT2D eigenvalue weighted by molar-refractivity contribution is 0.0915. The van der Waals surface area contributed by atoms with Gasteiger partial charge in [0, 0.05) is 28.7 Å². The quantitative estimate of drug-likeness (QED) is 0.473. The summed E-state index contributed by atoms with van der Waals surface area (Å²) < 4.78 is 17.9. The van der Waals surface area contributed by atoms with E-state index >= 15 is 0 Å². The number of benzene rings is 2. The van der Waals surface area contributed by atoms with Gasteiger partial charge in [-0.1, -0.05) is 12.1 Å². The smallest absolute Gasteiger partial charge is 0.171 e. The monoisotopic (exact) mass is 443 g/mol. The molecule has 0 bridgehead atoms. The van der Waals surface area contributed by atoms with Gasteiger partial charge in [-0.3, -0.25) is 4.98 Å². The van der Waals surface area contributed by atoms with Crippen molar-refractivity contribution in [1.29, 1.82) is 0 Å². The van der Waals surface area contributed by atoms with Crippen molar-refractivity contribution in [2.45, 2.75) is 32.3 Å². The molecule has 6 rings (SSSR count). The molecule has 0 spiro atoms. The average Bonchev–Trinajstić information content (AvgIpc) is 3.22. The van der Waals surface area contributed by atoms with Gasteiger partial charge in [-0.2, -0.15) is 0 Å². The lowest BCUT2D eigenvalue weighted by Gasteiger charge is -2.29. The minimum absolute atomic E-state index is 0.0131. The Morgan fingerprint density at radius 1 is 1.12 bits per heavy atom. The lowest BCUT2D eigenvalue weighted by atomic mass is 9.86. The summed E-state index contributed by atoms with van der Waals surface area (Å²) in [7, 11) is 1.73. The summed E-state index contributed by atoms with van der Waals surface area (Å²) in [6.45, 7) is 4.30. The second-order valence-corrected chi connectivity index (χ2v) is 9.20. The number of hydrogen-bond donors (Lipinski definition) is 2. The van der Waals surface area contributed by atoms with Crippen molar-refractivity contribution in [1.82, 2.24) is 15.3 Å². The van der Waals surface area contributed by atoms with Gasteiger partial charge in [-0.25, -0.2) is 0 Å². The summed E-state index contributed by atoms with van der Waals surface area (Å²) in [5.41, 5.74) is 5.88. The number of fused-ring (bicyclic) bond motifs is 6. The number of para-hydroxylation sites is 1. The van der Waals surface area contributed by atoms with Crippen LogP contribution in [0.5, 0.6) is 17.2 Å². The van der Waals surface area contributed by atoms with Gasteiger partial charge in [0.25, 0.3) is 0 Å². The van der Waals surface area contributed by atoms with Crippen LogP contribution in [0.2, 0.25) is 0 Å². The predicted molar refractivity (Wildman–Crippen MR) is 130 cm³/mol. The first kappa shape index (κ1) is 20.4. The number of aryl methyl sites for hydroxylation is 2. The van der Waals surface area contributed by atoms with Crippen LogP contribution in [0.3, 0.4) is 0 Å². The highest BCUT2D eigenvalue weighted by molar-refractivity contribution is 5.90. The fraction of sp³-hybridized carbons (Fsp3) is 0.370. The van der Waals surface area contributed by atoms with Gasteiger partial charge in [0.15, 0.2) is 11.5 Å². The van der Waals surface area contributed by atoms with Crippen molar-refractivity contribution in [3.05, 3.63) is 59.4 Å². The van der Waals surface area contributed by atoms with Crippen molar-refractivity contribution in [3.63, 3.8) is 0 Å². The molecule has 6 heteroatoms. The molecule has 2 aromatic carbocycles. The molecule has 0 unspecified atom stereocenters. The van der Waals surface area contributed by atoms with Gasteiger partial charge < -0.3 is 24.5 Å². The molecule has 0 radical (unpaired) electrons. The van der Waals surface area contributed by atoms with Gasteiger partial charge in [0.05, 0.1) is 18.1 Å². The predicted octanol–water partition coefficient (Wildman–Crippen LogP) is 4.57. The third kappa shape index (κ3) is 3.68. The molecule has 0 saturated heterocycles. The number of pyridine rings is 1. The lowest BCUT2D eigenvalue weighted by Crippen LogP contribution is -2.40. The highest BCUT2D eigenvalue weighted by Gasteiger charge is 2.26. The highest BCUT2D eigenvalue weighted by atomic mass is 16.6. The molecule has 6 nitrogen and oxygen atoms in total. The number of nitrogens with zero attached hydrogens (tertiary/aromatic N) is 1. The molecule has 2 aromatic heterocycles. The Morgan fingerprint density at radius 3 is 2.97 bits per heavy atom. The number of aromatic nitrogens is 2. The Bertz CT molecular complexity index is 1330. The zero-order valence-corrected chi connectivity index (χ0v) is 19.1. The summed E-state index contributed by atoms with van der Waals surface area (Å²) in [6, 6.07) is 14.4. The average molecular weight is 444 g/mol. The van der Waals surface area contributed by atoms with E-state index in [0.29, 0.717) is 12.5 Å². The van der Waals surface area contributed by atoms with E-state index in [0.717, 1.165) is 65.3 Å².